The Morgan fingerprint density at radius 1 is 1.30 bits per heavy atom. The third-order valence-electron chi connectivity index (χ3n) is 8.87. The van der Waals surface area contributed by atoms with E-state index in [0.717, 1.165) is 6.42 Å². The van der Waals surface area contributed by atoms with Crippen LogP contribution in [-0.2, 0) is 9.53 Å². The fourth-order valence-corrected chi connectivity index (χ4v) is 7.44. The van der Waals surface area contributed by atoms with E-state index in [1.54, 1.807) is 0 Å². The molecule has 8 atom stereocenters. The molecule has 5 nitrogen and oxygen atoms in total. The molecule has 1 heterocycles. The fraction of sp³-hybridized carbons (Fsp3) is 0.864. The number of carbonyl (C=O) groups is 1. The third-order valence-corrected chi connectivity index (χ3v) is 8.87. The quantitative estimate of drug-likeness (QED) is 0.375. The molecule has 148 valence electrons. The summed E-state index contributed by atoms with van der Waals surface area (Å²) in [5, 5.41) is 3.86. The molecule has 4 rings (SSSR count). The number of allylic oxidation sites excluding steroid dienone is 1. The highest BCUT2D eigenvalue weighted by Gasteiger charge is 2.61. The van der Waals surface area contributed by atoms with Gasteiger partial charge in [-0.2, -0.15) is 0 Å². The molecule has 3 aliphatic carbocycles. The first-order chi connectivity index (χ1) is 12.8. The lowest BCUT2D eigenvalue weighted by Crippen LogP contribution is -2.57. The molecule has 0 bridgehead atoms. The molecular weight excluding hydrogens is 338 g/mol. The van der Waals surface area contributed by atoms with Crippen molar-refractivity contribution in [2.24, 2.45) is 39.6 Å². The Hall–Kier alpha value is -1.32. The SMILES string of the molecule is C[C@H](CN=[N+]=[N-])[C@H]1CCC2[C@H]3O[C@H](C)C4=CC(=O)CC[C@]4(C)C3CC[C@@]21C. The molecule has 0 N–H and O–H groups in total. The van der Waals surface area contributed by atoms with Crippen LogP contribution in [-0.4, -0.2) is 24.5 Å². The van der Waals surface area contributed by atoms with Crippen molar-refractivity contribution in [2.45, 2.75) is 78.4 Å². The number of fused-ring (bicyclic) bond motifs is 5. The van der Waals surface area contributed by atoms with E-state index in [1.807, 2.05) is 6.08 Å². The Balaban J connectivity index is 1.63. The topological polar surface area (TPSA) is 75.1 Å². The average Bonchev–Trinajstić information content (AvgIpc) is 2.99. The maximum absolute atomic E-state index is 12.0. The van der Waals surface area contributed by atoms with Crippen molar-refractivity contribution in [1.82, 2.24) is 0 Å². The molecule has 5 heteroatoms. The smallest absolute Gasteiger partial charge is 0.155 e. The Morgan fingerprint density at radius 2 is 2.07 bits per heavy atom. The van der Waals surface area contributed by atoms with Crippen LogP contribution < -0.4 is 0 Å². The van der Waals surface area contributed by atoms with Crippen LogP contribution in [0.25, 0.3) is 10.4 Å². The second-order valence-corrected chi connectivity index (χ2v) is 10.1. The van der Waals surface area contributed by atoms with Gasteiger partial charge >= 0.3 is 0 Å². The van der Waals surface area contributed by atoms with Gasteiger partial charge in [0.05, 0.1) is 12.2 Å². The van der Waals surface area contributed by atoms with Crippen LogP contribution in [0.3, 0.4) is 0 Å². The zero-order chi connectivity index (χ0) is 19.4. The summed E-state index contributed by atoms with van der Waals surface area (Å²) in [6, 6.07) is 0. The molecule has 0 aromatic rings. The van der Waals surface area contributed by atoms with Crippen LogP contribution in [0, 0.1) is 34.5 Å². The lowest BCUT2D eigenvalue weighted by Gasteiger charge is -2.59. The molecule has 0 radical (unpaired) electrons. The van der Waals surface area contributed by atoms with Gasteiger partial charge in [-0.15, -0.1) is 0 Å². The van der Waals surface area contributed by atoms with Crippen LogP contribution in [0.2, 0.25) is 0 Å². The van der Waals surface area contributed by atoms with Crippen molar-refractivity contribution in [2.75, 3.05) is 6.54 Å². The van der Waals surface area contributed by atoms with Crippen LogP contribution >= 0.6 is 0 Å². The molecule has 0 amide bonds. The highest BCUT2D eigenvalue weighted by molar-refractivity contribution is 5.91. The molecule has 27 heavy (non-hydrogen) atoms. The third kappa shape index (κ3) is 2.77. The normalized spacial score (nSPS) is 47.2. The number of carbonyl (C=O) groups excluding carboxylic acids is 1. The molecular formula is C22H33N3O2. The first kappa shape index (κ1) is 19.0. The van der Waals surface area contributed by atoms with E-state index in [1.165, 1.54) is 31.3 Å². The summed E-state index contributed by atoms with van der Waals surface area (Å²) in [5.41, 5.74) is 10.3. The van der Waals surface area contributed by atoms with Gasteiger partial charge in [-0.3, -0.25) is 4.79 Å². The first-order valence-electron chi connectivity index (χ1n) is 10.7. The van der Waals surface area contributed by atoms with Gasteiger partial charge in [0.15, 0.2) is 5.78 Å². The van der Waals surface area contributed by atoms with Crippen molar-refractivity contribution < 1.29 is 9.53 Å². The van der Waals surface area contributed by atoms with E-state index in [0.29, 0.717) is 42.7 Å². The first-order valence-corrected chi connectivity index (χ1v) is 10.7. The molecule has 0 spiro atoms. The number of azide groups is 1. The zero-order valence-corrected chi connectivity index (χ0v) is 17.1. The van der Waals surface area contributed by atoms with Crippen LogP contribution in [0.4, 0.5) is 0 Å². The second-order valence-electron chi connectivity index (χ2n) is 10.1. The van der Waals surface area contributed by atoms with Gasteiger partial charge in [-0.05, 0) is 90.7 Å². The molecule has 3 fully saturated rings. The van der Waals surface area contributed by atoms with Crippen molar-refractivity contribution in [3.63, 3.8) is 0 Å². The van der Waals surface area contributed by atoms with Crippen molar-refractivity contribution in [1.29, 1.82) is 0 Å². The predicted octanol–water partition coefficient (Wildman–Crippen LogP) is 5.46. The minimum Gasteiger partial charge on any atom is -0.370 e. The largest absolute Gasteiger partial charge is 0.370 e. The van der Waals surface area contributed by atoms with Crippen LogP contribution in [0.15, 0.2) is 16.8 Å². The fourth-order valence-electron chi connectivity index (χ4n) is 7.44. The molecule has 4 aliphatic rings. The van der Waals surface area contributed by atoms with E-state index >= 15 is 0 Å². The Labute approximate surface area is 162 Å². The van der Waals surface area contributed by atoms with E-state index < -0.39 is 0 Å². The van der Waals surface area contributed by atoms with E-state index in [4.69, 9.17) is 10.3 Å². The molecule has 2 saturated carbocycles. The summed E-state index contributed by atoms with van der Waals surface area (Å²) in [6.07, 6.45) is 8.73. The number of rotatable bonds is 3. The van der Waals surface area contributed by atoms with Gasteiger partial charge in [0.2, 0.25) is 0 Å². The average molecular weight is 372 g/mol. The van der Waals surface area contributed by atoms with Crippen LogP contribution in [0.1, 0.15) is 66.2 Å². The lowest BCUT2D eigenvalue weighted by atomic mass is 9.51. The maximum atomic E-state index is 12.0. The Kier molecular flexibility index (Phi) is 4.67. The monoisotopic (exact) mass is 371 g/mol. The number of hydrogen-bond acceptors (Lipinski definition) is 3. The van der Waals surface area contributed by atoms with Gasteiger partial charge < -0.3 is 4.74 Å². The van der Waals surface area contributed by atoms with Crippen molar-refractivity contribution in [3.8, 4) is 0 Å². The number of ketones is 1. The summed E-state index contributed by atoms with van der Waals surface area (Å²) in [6.45, 7) is 9.84. The standard InChI is InChI=1S/C22H33N3O2/c1-13(12-24-25-23)16-5-6-17-20-18(8-10-21(16,17)3)22(4)9-7-15(26)11-19(22)14(2)27-20/h11,13-14,16-18,20H,5-10,12H2,1-4H3/t13-,14-,16-,17?,18?,20-,21-,22-/m1/s1. The molecule has 2 unspecified atom stereocenters. The van der Waals surface area contributed by atoms with Gasteiger partial charge in [0.25, 0.3) is 0 Å². The van der Waals surface area contributed by atoms with E-state index in [-0.39, 0.29) is 22.7 Å². The summed E-state index contributed by atoms with van der Waals surface area (Å²) >= 11 is 0. The Bertz CT molecular complexity index is 712. The summed E-state index contributed by atoms with van der Waals surface area (Å²) < 4.78 is 6.66. The van der Waals surface area contributed by atoms with Crippen molar-refractivity contribution >= 4 is 5.78 Å². The minimum absolute atomic E-state index is 0.0440. The van der Waals surface area contributed by atoms with Gasteiger partial charge in [0, 0.05) is 17.9 Å². The van der Waals surface area contributed by atoms with Crippen LogP contribution in [0.5, 0.6) is 0 Å². The number of nitrogens with zero attached hydrogens (tertiary/aromatic N) is 3. The van der Waals surface area contributed by atoms with E-state index in [2.05, 4.69) is 37.7 Å². The Morgan fingerprint density at radius 3 is 2.81 bits per heavy atom. The predicted molar refractivity (Wildman–Crippen MR) is 105 cm³/mol. The molecule has 0 aromatic heterocycles. The van der Waals surface area contributed by atoms with Gasteiger partial charge in [-0.1, -0.05) is 25.9 Å². The van der Waals surface area contributed by atoms with Gasteiger partial charge in [-0.25, -0.2) is 0 Å². The number of hydrogen-bond donors (Lipinski definition) is 0. The molecule has 0 aromatic carbocycles. The second kappa shape index (κ2) is 6.63. The summed E-state index contributed by atoms with van der Waals surface area (Å²) in [7, 11) is 0. The molecule has 1 aliphatic heterocycles. The number of ether oxygens (including phenoxy) is 1. The zero-order valence-electron chi connectivity index (χ0n) is 17.1. The minimum atomic E-state index is 0.0440. The summed E-state index contributed by atoms with van der Waals surface area (Å²) in [5.74, 6) is 2.40. The lowest BCUT2D eigenvalue weighted by molar-refractivity contribution is -0.174. The van der Waals surface area contributed by atoms with E-state index in [9.17, 15) is 4.79 Å². The van der Waals surface area contributed by atoms with Crippen molar-refractivity contribution in [3.05, 3.63) is 22.1 Å². The summed E-state index contributed by atoms with van der Waals surface area (Å²) in [4.78, 5) is 15.0. The highest BCUT2D eigenvalue weighted by atomic mass is 16.5. The molecule has 1 saturated heterocycles. The van der Waals surface area contributed by atoms with Gasteiger partial charge in [0.1, 0.15) is 0 Å². The maximum Gasteiger partial charge on any atom is 0.155 e. The highest BCUT2D eigenvalue weighted by Crippen LogP contribution is 2.65.